The molecule has 0 aliphatic heterocycles. The summed E-state index contributed by atoms with van der Waals surface area (Å²) < 4.78 is 0. The molecule has 0 saturated carbocycles. The van der Waals surface area contributed by atoms with Gasteiger partial charge < -0.3 is 15.7 Å². The van der Waals surface area contributed by atoms with E-state index >= 15 is 0 Å². The molecule has 0 aromatic carbocycles. The fourth-order valence-corrected chi connectivity index (χ4v) is 2.19. The van der Waals surface area contributed by atoms with Crippen LogP contribution in [0.3, 0.4) is 0 Å². The average molecular weight is 276 g/mol. The lowest BCUT2D eigenvalue weighted by Gasteiger charge is -2.19. The molecule has 2 atom stereocenters. The zero-order valence-electron chi connectivity index (χ0n) is 11.4. The summed E-state index contributed by atoms with van der Waals surface area (Å²) in [7, 11) is 0. The molecule has 3 N–H and O–H groups in total. The van der Waals surface area contributed by atoms with Crippen molar-refractivity contribution in [2.75, 3.05) is 12.0 Å². The van der Waals surface area contributed by atoms with Gasteiger partial charge >= 0.3 is 12.0 Å². The lowest BCUT2D eigenvalue weighted by Crippen LogP contribution is -2.46. The van der Waals surface area contributed by atoms with Gasteiger partial charge in [0.2, 0.25) is 0 Å². The Balaban J connectivity index is 4.03. The van der Waals surface area contributed by atoms with Crippen molar-refractivity contribution in [3.8, 4) is 0 Å². The molecule has 0 rings (SSSR count). The number of aliphatic carboxylic acids is 1. The van der Waals surface area contributed by atoms with E-state index in [0.29, 0.717) is 6.42 Å². The number of carbonyl (C=O) groups is 2. The largest absolute Gasteiger partial charge is 0.481 e. The van der Waals surface area contributed by atoms with E-state index in [1.165, 1.54) is 0 Å². The molecule has 0 radical (unpaired) electrons. The topological polar surface area (TPSA) is 78.4 Å². The number of nitrogens with one attached hydrogen (secondary N) is 2. The fraction of sp³-hybridized carbons (Fsp3) is 0.833. The third-order valence-electron chi connectivity index (χ3n) is 2.53. The van der Waals surface area contributed by atoms with Crippen molar-refractivity contribution in [1.29, 1.82) is 0 Å². The van der Waals surface area contributed by atoms with Gasteiger partial charge in [-0.25, -0.2) is 4.79 Å². The molecule has 0 aliphatic carbocycles. The van der Waals surface area contributed by atoms with Crippen LogP contribution in [-0.2, 0) is 4.79 Å². The molecule has 6 heteroatoms. The maximum atomic E-state index is 11.7. The number of urea groups is 1. The molecule has 0 aliphatic rings. The Morgan fingerprint density at radius 2 is 1.94 bits per heavy atom. The summed E-state index contributed by atoms with van der Waals surface area (Å²) >= 11 is 1.74. The van der Waals surface area contributed by atoms with Gasteiger partial charge in [-0.05, 0) is 31.8 Å². The first kappa shape index (κ1) is 17.1. The predicted octanol–water partition coefficient (Wildman–Crippen LogP) is 2.07. The Hall–Kier alpha value is -0.910. The maximum absolute atomic E-state index is 11.7. The maximum Gasteiger partial charge on any atom is 0.315 e. The second-order valence-electron chi connectivity index (χ2n) is 4.38. The van der Waals surface area contributed by atoms with Gasteiger partial charge in [-0.1, -0.05) is 13.3 Å². The highest BCUT2D eigenvalue weighted by Crippen LogP contribution is 2.03. The summed E-state index contributed by atoms with van der Waals surface area (Å²) in [4.78, 5) is 22.3. The smallest absolute Gasteiger partial charge is 0.315 e. The minimum absolute atomic E-state index is 0.0273. The molecule has 18 heavy (non-hydrogen) atoms. The standard InChI is InChI=1S/C12H24N2O3S/c1-4-5-10(8-11(15)16)14-12(17)13-9(2)6-7-18-3/h9-10H,4-8H2,1-3H3,(H,15,16)(H2,13,14,17). The molecule has 0 aromatic rings. The van der Waals surface area contributed by atoms with Gasteiger partial charge in [0.25, 0.3) is 0 Å². The molecule has 2 amide bonds. The normalized spacial score (nSPS) is 13.7. The number of carboxylic acids is 1. The predicted molar refractivity (Wildman–Crippen MR) is 75.1 cm³/mol. The highest BCUT2D eigenvalue weighted by atomic mass is 32.2. The second kappa shape index (κ2) is 10.1. The molecular weight excluding hydrogens is 252 g/mol. The van der Waals surface area contributed by atoms with Crippen molar-refractivity contribution < 1.29 is 14.7 Å². The van der Waals surface area contributed by atoms with Gasteiger partial charge in [0, 0.05) is 12.1 Å². The van der Waals surface area contributed by atoms with E-state index in [-0.39, 0.29) is 24.5 Å². The Morgan fingerprint density at radius 3 is 2.44 bits per heavy atom. The van der Waals surface area contributed by atoms with Crippen molar-refractivity contribution in [2.45, 2.75) is 51.6 Å². The third-order valence-corrected chi connectivity index (χ3v) is 3.17. The second-order valence-corrected chi connectivity index (χ2v) is 5.37. The molecule has 0 aromatic heterocycles. The number of hydrogen-bond acceptors (Lipinski definition) is 3. The van der Waals surface area contributed by atoms with E-state index in [1.54, 1.807) is 11.8 Å². The monoisotopic (exact) mass is 276 g/mol. The summed E-state index contributed by atoms with van der Waals surface area (Å²) in [5.74, 6) is 0.110. The fourth-order valence-electron chi connectivity index (χ4n) is 1.60. The number of rotatable bonds is 9. The summed E-state index contributed by atoms with van der Waals surface area (Å²) in [5.41, 5.74) is 0. The Kier molecular flexibility index (Phi) is 9.55. The highest BCUT2D eigenvalue weighted by Gasteiger charge is 2.15. The minimum Gasteiger partial charge on any atom is -0.481 e. The van der Waals surface area contributed by atoms with E-state index in [0.717, 1.165) is 18.6 Å². The highest BCUT2D eigenvalue weighted by molar-refractivity contribution is 7.98. The SMILES string of the molecule is CCCC(CC(=O)O)NC(=O)NC(C)CCSC. The first-order valence-electron chi connectivity index (χ1n) is 6.27. The molecule has 0 heterocycles. The molecule has 0 saturated heterocycles. The number of thioether (sulfide) groups is 1. The van der Waals surface area contributed by atoms with Crippen molar-refractivity contribution in [3.63, 3.8) is 0 Å². The van der Waals surface area contributed by atoms with Gasteiger partial charge in [-0.3, -0.25) is 4.79 Å². The van der Waals surface area contributed by atoms with Crippen LogP contribution in [0.15, 0.2) is 0 Å². The van der Waals surface area contributed by atoms with E-state index in [4.69, 9.17) is 5.11 Å². The molecule has 5 nitrogen and oxygen atoms in total. The Bertz CT molecular complexity index is 262. The molecule has 106 valence electrons. The van der Waals surface area contributed by atoms with E-state index in [1.807, 2.05) is 20.1 Å². The average Bonchev–Trinajstić information content (AvgIpc) is 2.25. The first-order chi connectivity index (χ1) is 8.49. The minimum atomic E-state index is -0.885. The van der Waals surface area contributed by atoms with Crippen LogP contribution in [0.1, 0.15) is 39.5 Å². The van der Waals surface area contributed by atoms with Gasteiger partial charge in [0.05, 0.1) is 6.42 Å². The zero-order chi connectivity index (χ0) is 14.0. The van der Waals surface area contributed by atoms with Gasteiger partial charge in [0.1, 0.15) is 0 Å². The number of carbonyl (C=O) groups excluding carboxylic acids is 1. The van der Waals surface area contributed by atoms with Crippen LogP contribution in [0, 0.1) is 0 Å². The van der Waals surface area contributed by atoms with Crippen LogP contribution < -0.4 is 10.6 Å². The summed E-state index contributed by atoms with van der Waals surface area (Å²) in [5, 5.41) is 14.3. The lowest BCUT2D eigenvalue weighted by atomic mass is 10.1. The van der Waals surface area contributed by atoms with E-state index in [2.05, 4.69) is 10.6 Å². The molecule has 2 unspecified atom stereocenters. The molecule has 0 spiro atoms. The van der Waals surface area contributed by atoms with Crippen molar-refractivity contribution >= 4 is 23.8 Å². The summed E-state index contributed by atoms with van der Waals surface area (Å²) in [6.07, 6.45) is 4.43. The van der Waals surface area contributed by atoms with Crippen molar-refractivity contribution in [1.82, 2.24) is 10.6 Å². The summed E-state index contributed by atoms with van der Waals surface area (Å²) in [6, 6.07) is -0.465. The van der Waals surface area contributed by atoms with Gasteiger partial charge in [-0.15, -0.1) is 0 Å². The lowest BCUT2D eigenvalue weighted by molar-refractivity contribution is -0.137. The first-order valence-corrected chi connectivity index (χ1v) is 7.66. The Morgan fingerprint density at radius 1 is 1.28 bits per heavy atom. The number of hydrogen-bond donors (Lipinski definition) is 3. The van der Waals surface area contributed by atoms with Crippen molar-refractivity contribution in [3.05, 3.63) is 0 Å². The van der Waals surface area contributed by atoms with Crippen LogP contribution in [0.2, 0.25) is 0 Å². The zero-order valence-corrected chi connectivity index (χ0v) is 12.2. The van der Waals surface area contributed by atoms with E-state index < -0.39 is 5.97 Å². The number of carboxylic acid groups (broad SMARTS) is 1. The van der Waals surface area contributed by atoms with Crippen LogP contribution >= 0.6 is 11.8 Å². The van der Waals surface area contributed by atoms with Crippen LogP contribution in [-0.4, -0.2) is 41.2 Å². The van der Waals surface area contributed by atoms with Crippen LogP contribution in [0.5, 0.6) is 0 Å². The molecule has 0 bridgehead atoms. The quantitative estimate of drug-likeness (QED) is 0.602. The Labute approximate surface area is 113 Å². The van der Waals surface area contributed by atoms with Crippen molar-refractivity contribution in [2.24, 2.45) is 0 Å². The van der Waals surface area contributed by atoms with E-state index in [9.17, 15) is 9.59 Å². The summed E-state index contributed by atoms with van der Waals surface area (Å²) in [6.45, 7) is 3.91. The molecular formula is C12H24N2O3S. The van der Waals surface area contributed by atoms with Gasteiger partial charge in [0.15, 0.2) is 0 Å². The number of amides is 2. The molecule has 0 fully saturated rings. The van der Waals surface area contributed by atoms with Gasteiger partial charge in [-0.2, -0.15) is 11.8 Å². The third kappa shape index (κ3) is 9.15. The van der Waals surface area contributed by atoms with Crippen LogP contribution in [0.4, 0.5) is 4.79 Å². The van der Waals surface area contributed by atoms with Crippen LogP contribution in [0.25, 0.3) is 0 Å².